The fourth-order valence-corrected chi connectivity index (χ4v) is 1.79. The number of anilines is 2. The highest BCUT2D eigenvalue weighted by atomic mass is 16.5. The van der Waals surface area contributed by atoms with Crippen molar-refractivity contribution in [3.05, 3.63) is 35.9 Å². The summed E-state index contributed by atoms with van der Waals surface area (Å²) in [5.41, 5.74) is 7.42. The van der Waals surface area contributed by atoms with Crippen molar-refractivity contribution in [3.8, 4) is 5.88 Å². The summed E-state index contributed by atoms with van der Waals surface area (Å²) in [6.45, 7) is 5.09. The molecule has 0 fully saturated rings. The van der Waals surface area contributed by atoms with Crippen LogP contribution in [0.4, 0.5) is 11.5 Å². The van der Waals surface area contributed by atoms with E-state index in [9.17, 15) is 0 Å². The summed E-state index contributed by atoms with van der Waals surface area (Å²) in [5.74, 6) is 1.65. The van der Waals surface area contributed by atoms with Crippen LogP contribution in [0.3, 0.4) is 0 Å². The molecule has 0 saturated carbocycles. The van der Waals surface area contributed by atoms with Crippen molar-refractivity contribution >= 4 is 11.5 Å². The SMILES string of the molecule is CCCCOc1nc(C)nc(NCc2ccccn2)c1N. The highest BCUT2D eigenvalue weighted by Gasteiger charge is 2.11. The Morgan fingerprint density at radius 3 is 2.86 bits per heavy atom. The zero-order chi connectivity index (χ0) is 15.1. The molecule has 0 amide bonds. The molecule has 2 rings (SSSR count). The number of aryl methyl sites for hydroxylation is 1. The molecule has 0 unspecified atom stereocenters. The topological polar surface area (TPSA) is 86.0 Å². The third-order valence-corrected chi connectivity index (χ3v) is 2.92. The van der Waals surface area contributed by atoms with E-state index in [1.54, 1.807) is 6.20 Å². The predicted octanol–water partition coefficient (Wildman–Crippen LogP) is 2.55. The van der Waals surface area contributed by atoms with Gasteiger partial charge in [0.2, 0.25) is 5.88 Å². The summed E-state index contributed by atoms with van der Waals surface area (Å²) in [6, 6.07) is 5.76. The average molecular weight is 287 g/mol. The Kier molecular flexibility index (Phi) is 5.31. The number of hydrogen-bond acceptors (Lipinski definition) is 6. The van der Waals surface area contributed by atoms with E-state index in [-0.39, 0.29) is 0 Å². The summed E-state index contributed by atoms with van der Waals surface area (Å²) >= 11 is 0. The summed E-state index contributed by atoms with van der Waals surface area (Å²) in [6.07, 6.45) is 3.79. The number of ether oxygens (including phenoxy) is 1. The summed E-state index contributed by atoms with van der Waals surface area (Å²) < 4.78 is 5.62. The molecule has 2 aromatic rings. The number of nitrogens with zero attached hydrogens (tertiary/aromatic N) is 3. The number of rotatable bonds is 7. The highest BCUT2D eigenvalue weighted by molar-refractivity contribution is 5.66. The molecule has 0 radical (unpaired) electrons. The van der Waals surface area contributed by atoms with Crippen molar-refractivity contribution < 1.29 is 4.74 Å². The van der Waals surface area contributed by atoms with Crippen LogP contribution < -0.4 is 15.8 Å². The molecule has 0 aromatic carbocycles. The number of unbranched alkanes of at least 4 members (excludes halogenated alkanes) is 1. The molecule has 0 saturated heterocycles. The number of pyridine rings is 1. The smallest absolute Gasteiger partial charge is 0.242 e. The lowest BCUT2D eigenvalue weighted by atomic mass is 10.3. The van der Waals surface area contributed by atoms with Gasteiger partial charge < -0.3 is 15.8 Å². The lowest BCUT2D eigenvalue weighted by Gasteiger charge is -2.13. The Morgan fingerprint density at radius 2 is 2.14 bits per heavy atom. The maximum Gasteiger partial charge on any atom is 0.242 e. The molecule has 21 heavy (non-hydrogen) atoms. The Bertz CT molecular complexity index is 574. The quantitative estimate of drug-likeness (QED) is 0.761. The second-order valence-corrected chi connectivity index (χ2v) is 4.71. The molecule has 6 heteroatoms. The van der Waals surface area contributed by atoms with Crippen LogP contribution in [-0.2, 0) is 6.54 Å². The number of nitrogens with one attached hydrogen (secondary N) is 1. The van der Waals surface area contributed by atoms with Crippen molar-refractivity contribution in [1.82, 2.24) is 15.0 Å². The van der Waals surface area contributed by atoms with Crippen LogP contribution in [-0.4, -0.2) is 21.6 Å². The number of nitrogens with two attached hydrogens (primary N) is 1. The van der Waals surface area contributed by atoms with Crippen LogP contribution >= 0.6 is 0 Å². The van der Waals surface area contributed by atoms with E-state index in [1.807, 2.05) is 25.1 Å². The second-order valence-electron chi connectivity index (χ2n) is 4.71. The number of hydrogen-bond donors (Lipinski definition) is 2. The number of aromatic nitrogens is 3. The van der Waals surface area contributed by atoms with E-state index in [1.165, 1.54) is 0 Å². The minimum absolute atomic E-state index is 0.438. The van der Waals surface area contributed by atoms with Gasteiger partial charge in [-0.3, -0.25) is 4.98 Å². The van der Waals surface area contributed by atoms with Crippen molar-refractivity contribution in [2.24, 2.45) is 0 Å². The van der Waals surface area contributed by atoms with E-state index in [0.29, 0.717) is 36.4 Å². The van der Waals surface area contributed by atoms with Gasteiger partial charge in [0.05, 0.1) is 18.8 Å². The zero-order valence-electron chi connectivity index (χ0n) is 12.5. The van der Waals surface area contributed by atoms with Gasteiger partial charge in [0.15, 0.2) is 5.82 Å². The first-order valence-electron chi connectivity index (χ1n) is 7.11. The van der Waals surface area contributed by atoms with Crippen LogP contribution in [0.2, 0.25) is 0 Å². The summed E-state index contributed by atoms with van der Waals surface area (Å²) in [7, 11) is 0. The maximum atomic E-state index is 6.07. The first kappa shape index (κ1) is 15.0. The van der Waals surface area contributed by atoms with Crippen LogP contribution in [0, 0.1) is 6.92 Å². The molecule has 0 bridgehead atoms. The number of nitrogen functional groups attached to an aromatic ring is 1. The van der Waals surface area contributed by atoms with Crippen molar-refractivity contribution in [2.45, 2.75) is 33.2 Å². The van der Waals surface area contributed by atoms with Crippen molar-refractivity contribution in [1.29, 1.82) is 0 Å². The van der Waals surface area contributed by atoms with Gasteiger partial charge in [0.25, 0.3) is 0 Å². The molecule has 0 aliphatic rings. The Labute approximate surface area is 124 Å². The van der Waals surface area contributed by atoms with Crippen LogP contribution in [0.5, 0.6) is 5.88 Å². The molecule has 0 aliphatic heterocycles. The highest BCUT2D eigenvalue weighted by Crippen LogP contribution is 2.26. The third kappa shape index (κ3) is 4.30. The molecule has 0 spiro atoms. The van der Waals surface area contributed by atoms with Gasteiger partial charge in [-0.25, -0.2) is 4.98 Å². The first-order valence-corrected chi connectivity index (χ1v) is 7.11. The predicted molar refractivity (Wildman–Crippen MR) is 83.1 cm³/mol. The van der Waals surface area contributed by atoms with E-state index < -0.39 is 0 Å². The fourth-order valence-electron chi connectivity index (χ4n) is 1.79. The van der Waals surface area contributed by atoms with Crippen LogP contribution in [0.1, 0.15) is 31.3 Å². The largest absolute Gasteiger partial charge is 0.476 e. The zero-order valence-corrected chi connectivity index (χ0v) is 12.5. The molecule has 112 valence electrons. The molecule has 3 N–H and O–H groups in total. The van der Waals surface area contributed by atoms with Crippen molar-refractivity contribution in [3.63, 3.8) is 0 Å². The van der Waals surface area contributed by atoms with Gasteiger partial charge in [0, 0.05) is 6.20 Å². The summed E-state index contributed by atoms with van der Waals surface area (Å²) in [5, 5.41) is 3.18. The normalized spacial score (nSPS) is 10.4. The second kappa shape index (κ2) is 7.42. The summed E-state index contributed by atoms with van der Waals surface area (Å²) in [4.78, 5) is 12.8. The molecule has 2 heterocycles. The Hall–Kier alpha value is -2.37. The van der Waals surface area contributed by atoms with Gasteiger partial charge >= 0.3 is 0 Å². The Balaban J connectivity index is 2.08. The van der Waals surface area contributed by atoms with Gasteiger partial charge in [-0.1, -0.05) is 19.4 Å². The molecule has 0 atom stereocenters. The molecular formula is C15H21N5O. The fraction of sp³-hybridized carbons (Fsp3) is 0.400. The minimum Gasteiger partial charge on any atom is -0.476 e. The van der Waals surface area contributed by atoms with Crippen molar-refractivity contribution in [2.75, 3.05) is 17.7 Å². The molecule has 0 aliphatic carbocycles. The lowest BCUT2D eigenvalue weighted by Crippen LogP contribution is -2.10. The molecule has 6 nitrogen and oxygen atoms in total. The average Bonchev–Trinajstić information content (AvgIpc) is 2.50. The first-order chi connectivity index (χ1) is 10.2. The third-order valence-electron chi connectivity index (χ3n) is 2.92. The van der Waals surface area contributed by atoms with Crippen LogP contribution in [0.25, 0.3) is 0 Å². The minimum atomic E-state index is 0.438. The molecular weight excluding hydrogens is 266 g/mol. The Morgan fingerprint density at radius 1 is 1.29 bits per heavy atom. The van der Waals surface area contributed by atoms with E-state index in [2.05, 4.69) is 27.2 Å². The van der Waals surface area contributed by atoms with Gasteiger partial charge in [-0.2, -0.15) is 4.98 Å². The van der Waals surface area contributed by atoms with E-state index in [4.69, 9.17) is 10.5 Å². The monoisotopic (exact) mass is 287 g/mol. The maximum absolute atomic E-state index is 6.07. The molecule has 2 aromatic heterocycles. The van der Waals surface area contributed by atoms with Gasteiger partial charge in [-0.05, 0) is 25.5 Å². The van der Waals surface area contributed by atoms with E-state index >= 15 is 0 Å². The van der Waals surface area contributed by atoms with E-state index in [0.717, 1.165) is 18.5 Å². The van der Waals surface area contributed by atoms with Gasteiger partial charge in [-0.15, -0.1) is 0 Å². The lowest BCUT2D eigenvalue weighted by molar-refractivity contribution is 0.298. The van der Waals surface area contributed by atoms with Crippen LogP contribution in [0.15, 0.2) is 24.4 Å². The standard InChI is InChI=1S/C15H21N5O/c1-3-4-9-21-15-13(16)14(19-11(2)20-15)18-10-12-7-5-6-8-17-12/h5-8H,3-4,9-10,16H2,1-2H3,(H,18,19,20). The van der Waals surface area contributed by atoms with Gasteiger partial charge in [0.1, 0.15) is 11.5 Å².